The van der Waals surface area contributed by atoms with Crippen LogP contribution in [0.5, 0.6) is 0 Å². The lowest BCUT2D eigenvalue weighted by Crippen LogP contribution is -3.13. The predicted octanol–water partition coefficient (Wildman–Crippen LogP) is 0.500. The fourth-order valence-corrected chi connectivity index (χ4v) is 3.87. The minimum atomic E-state index is -3.04. The molecule has 0 bridgehead atoms. The molecule has 1 N–H and O–H groups in total. The molecule has 0 atom stereocenters. The van der Waals surface area contributed by atoms with Crippen molar-refractivity contribution in [2.75, 3.05) is 32.4 Å². The highest BCUT2D eigenvalue weighted by Gasteiger charge is 2.26. The number of hydrogen-bond donors (Lipinski definition) is 1. The van der Waals surface area contributed by atoms with Gasteiger partial charge in [0.25, 0.3) is 0 Å². The van der Waals surface area contributed by atoms with Gasteiger partial charge in [-0.1, -0.05) is 42.5 Å². The van der Waals surface area contributed by atoms with E-state index in [0.717, 1.165) is 19.6 Å². The fraction of sp³-hybridized carbons (Fsp3) is 0.375. The number of quaternary nitrogens is 1. The lowest BCUT2D eigenvalue weighted by Gasteiger charge is -2.30. The van der Waals surface area contributed by atoms with Gasteiger partial charge in [0.05, 0.1) is 32.4 Å². The van der Waals surface area contributed by atoms with Crippen molar-refractivity contribution >= 4 is 20.8 Å². The Hall–Kier alpha value is -1.43. The van der Waals surface area contributed by atoms with Crippen LogP contribution >= 0.6 is 0 Å². The van der Waals surface area contributed by atoms with Gasteiger partial charge in [-0.05, 0) is 10.8 Å². The summed E-state index contributed by atoms with van der Waals surface area (Å²) in [5, 5.41) is 2.57. The summed E-state index contributed by atoms with van der Waals surface area (Å²) in [6.07, 6.45) is 1.29. The van der Waals surface area contributed by atoms with Crippen LogP contribution in [0.1, 0.15) is 5.56 Å². The van der Waals surface area contributed by atoms with E-state index in [9.17, 15) is 8.42 Å². The molecule has 0 aliphatic carbocycles. The van der Waals surface area contributed by atoms with Crippen molar-refractivity contribution in [2.24, 2.45) is 0 Å². The first-order valence-corrected chi connectivity index (χ1v) is 9.14. The second-order valence-corrected chi connectivity index (χ2v) is 7.71. The zero-order chi connectivity index (χ0) is 14.9. The van der Waals surface area contributed by atoms with E-state index in [1.165, 1.54) is 27.5 Å². The smallest absolute Gasteiger partial charge is 0.211 e. The molecule has 0 radical (unpaired) electrons. The summed E-state index contributed by atoms with van der Waals surface area (Å²) in [6, 6.07) is 14.8. The standard InChI is InChI=1S/C16H20N2O2S/c1-21(19,20)18-11-9-17(10-12-18)13-15-7-4-6-14-5-2-3-8-16(14)15/h2-8H,9-13H2,1H3/p+1. The third-order valence-electron chi connectivity index (χ3n) is 4.22. The van der Waals surface area contributed by atoms with E-state index in [0.29, 0.717) is 13.1 Å². The van der Waals surface area contributed by atoms with Crippen LogP contribution in [0.25, 0.3) is 10.8 Å². The molecular formula is C16H21N2O2S+. The summed E-state index contributed by atoms with van der Waals surface area (Å²) in [5.41, 5.74) is 1.34. The van der Waals surface area contributed by atoms with Crippen LogP contribution in [0.15, 0.2) is 42.5 Å². The van der Waals surface area contributed by atoms with Crippen LogP contribution in [-0.4, -0.2) is 45.2 Å². The highest BCUT2D eigenvalue weighted by Crippen LogP contribution is 2.17. The Morgan fingerprint density at radius 1 is 1.05 bits per heavy atom. The van der Waals surface area contributed by atoms with E-state index in [2.05, 4.69) is 42.5 Å². The molecule has 21 heavy (non-hydrogen) atoms. The zero-order valence-electron chi connectivity index (χ0n) is 12.2. The summed E-state index contributed by atoms with van der Waals surface area (Å²) in [5.74, 6) is 0. The highest BCUT2D eigenvalue weighted by molar-refractivity contribution is 7.88. The summed E-state index contributed by atoms with van der Waals surface area (Å²) >= 11 is 0. The number of sulfonamides is 1. The molecule has 1 fully saturated rings. The minimum Gasteiger partial charge on any atom is -0.329 e. The number of nitrogens with one attached hydrogen (secondary N) is 1. The van der Waals surface area contributed by atoms with E-state index in [1.54, 1.807) is 4.31 Å². The van der Waals surface area contributed by atoms with E-state index in [-0.39, 0.29) is 0 Å². The van der Waals surface area contributed by atoms with Gasteiger partial charge in [-0.15, -0.1) is 0 Å². The fourth-order valence-electron chi connectivity index (χ4n) is 3.03. The quantitative estimate of drug-likeness (QED) is 0.897. The van der Waals surface area contributed by atoms with Crippen molar-refractivity contribution in [3.8, 4) is 0 Å². The summed E-state index contributed by atoms with van der Waals surface area (Å²) < 4.78 is 24.7. The number of benzene rings is 2. The van der Waals surface area contributed by atoms with E-state index >= 15 is 0 Å². The summed E-state index contributed by atoms with van der Waals surface area (Å²) in [6.45, 7) is 3.95. The summed E-state index contributed by atoms with van der Waals surface area (Å²) in [4.78, 5) is 1.45. The molecule has 1 aliphatic rings. The van der Waals surface area contributed by atoms with Gasteiger partial charge in [0.1, 0.15) is 6.54 Å². The Bertz CT molecular complexity index is 730. The third kappa shape index (κ3) is 3.26. The van der Waals surface area contributed by atoms with Gasteiger partial charge < -0.3 is 4.90 Å². The van der Waals surface area contributed by atoms with Crippen LogP contribution < -0.4 is 4.90 Å². The van der Waals surface area contributed by atoms with Gasteiger partial charge in [-0.2, -0.15) is 4.31 Å². The van der Waals surface area contributed by atoms with Crippen LogP contribution in [0.3, 0.4) is 0 Å². The van der Waals surface area contributed by atoms with E-state index < -0.39 is 10.0 Å². The molecule has 2 aromatic carbocycles. The number of fused-ring (bicyclic) bond motifs is 1. The Morgan fingerprint density at radius 2 is 1.71 bits per heavy atom. The van der Waals surface area contributed by atoms with Crippen LogP contribution in [-0.2, 0) is 16.6 Å². The van der Waals surface area contributed by atoms with Gasteiger partial charge >= 0.3 is 0 Å². The third-order valence-corrected chi connectivity index (χ3v) is 5.52. The zero-order valence-corrected chi connectivity index (χ0v) is 13.1. The van der Waals surface area contributed by atoms with Crippen molar-refractivity contribution in [3.05, 3.63) is 48.0 Å². The minimum absolute atomic E-state index is 0.624. The Balaban J connectivity index is 1.73. The summed E-state index contributed by atoms with van der Waals surface area (Å²) in [7, 11) is -3.04. The number of rotatable bonds is 3. The van der Waals surface area contributed by atoms with Gasteiger partial charge in [0.2, 0.25) is 10.0 Å². The highest BCUT2D eigenvalue weighted by atomic mass is 32.2. The Kier molecular flexibility index (Phi) is 3.97. The van der Waals surface area contributed by atoms with Gasteiger partial charge in [-0.3, -0.25) is 0 Å². The largest absolute Gasteiger partial charge is 0.329 e. The van der Waals surface area contributed by atoms with Crippen molar-refractivity contribution in [2.45, 2.75) is 6.54 Å². The Labute approximate surface area is 126 Å². The molecule has 4 nitrogen and oxygen atoms in total. The van der Waals surface area contributed by atoms with Gasteiger partial charge in [-0.25, -0.2) is 8.42 Å². The number of hydrogen-bond acceptors (Lipinski definition) is 2. The normalized spacial score (nSPS) is 18.1. The molecule has 3 rings (SSSR count). The molecule has 0 unspecified atom stereocenters. The Morgan fingerprint density at radius 3 is 2.43 bits per heavy atom. The van der Waals surface area contributed by atoms with Crippen molar-refractivity contribution in [1.82, 2.24) is 4.31 Å². The predicted molar refractivity (Wildman–Crippen MR) is 84.8 cm³/mol. The number of piperazine rings is 1. The first-order chi connectivity index (χ1) is 10.0. The van der Waals surface area contributed by atoms with E-state index in [1.807, 2.05) is 0 Å². The van der Waals surface area contributed by atoms with Crippen LogP contribution in [0, 0.1) is 0 Å². The maximum atomic E-state index is 11.5. The molecule has 5 heteroatoms. The lowest BCUT2D eigenvalue weighted by molar-refractivity contribution is -0.917. The van der Waals surface area contributed by atoms with Crippen molar-refractivity contribution in [3.63, 3.8) is 0 Å². The molecule has 0 saturated carbocycles. The monoisotopic (exact) mass is 305 g/mol. The maximum Gasteiger partial charge on any atom is 0.211 e. The van der Waals surface area contributed by atoms with Gasteiger partial charge in [0.15, 0.2) is 0 Å². The molecule has 1 aliphatic heterocycles. The molecule has 0 aromatic heterocycles. The van der Waals surface area contributed by atoms with Gasteiger partial charge in [0, 0.05) is 5.56 Å². The van der Waals surface area contributed by atoms with Crippen molar-refractivity contribution in [1.29, 1.82) is 0 Å². The average molecular weight is 305 g/mol. The second kappa shape index (κ2) is 5.75. The second-order valence-electron chi connectivity index (χ2n) is 5.73. The molecular weight excluding hydrogens is 284 g/mol. The molecule has 0 spiro atoms. The molecule has 1 saturated heterocycles. The first kappa shape index (κ1) is 14.5. The maximum absolute atomic E-state index is 11.5. The lowest BCUT2D eigenvalue weighted by atomic mass is 10.0. The molecule has 1 heterocycles. The molecule has 0 amide bonds. The molecule has 112 valence electrons. The van der Waals surface area contributed by atoms with E-state index in [4.69, 9.17) is 0 Å². The van der Waals surface area contributed by atoms with Crippen LogP contribution in [0.2, 0.25) is 0 Å². The first-order valence-electron chi connectivity index (χ1n) is 7.29. The topological polar surface area (TPSA) is 41.8 Å². The SMILES string of the molecule is CS(=O)(=O)N1CC[NH+](Cc2cccc3ccccc23)CC1. The van der Waals surface area contributed by atoms with Crippen LogP contribution in [0.4, 0.5) is 0 Å². The number of nitrogens with zero attached hydrogens (tertiary/aromatic N) is 1. The average Bonchev–Trinajstić information content (AvgIpc) is 2.47. The molecule has 2 aromatic rings. The van der Waals surface area contributed by atoms with Crippen molar-refractivity contribution < 1.29 is 13.3 Å².